The molecular weight excluding hydrogens is 222 g/mol. The van der Waals surface area contributed by atoms with Gasteiger partial charge in [-0.3, -0.25) is 9.78 Å². The zero-order chi connectivity index (χ0) is 11.4. The third-order valence-electron chi connectivity index (χ3n) is 1.99. The molecule has 0 unspecified atom stereocenters. The summed E-state index contributed by atoms with van der Waals surface area (Å²) >= 11 is 1.63. The van der Waals surface area contributed by atoms with Gasteiger partial charge in [-0.05, 0) is 18.4 Å². The van der Waals surface area contributed by atoms with E-state index >= 15 is 0 Å². The third-order valence-corrected chi connectivity index (χ3v) is 2.58. The average molecular weight is 233 g/mol. The normalized spacial score (nSPS) is 10.3. The van der Waals surface area contributed by atoms with Gasteiger partial charge in [0, 0.05) is 18.0 Å². The lowest BCUT2D eigenvalue weighted by Gasteiger charge is -2.02. The minimum atomic E-state index is -0.139. The summed E-state index contributed by atoms with van der Waals surface area (Å²) in [5.41, 5.74) is 1.32. The van der Waals surface area contributed by atoms with Crippen molar-refractivity contribution in [1.29, 1.82) is 0 Å². The van der Waals surface area contributed by atoms with Gasteiger partial charge in [-0.2, -0.15) is 11.8 Å². The van der Waals surface area contributed by atoms with E-state index in [9.17, 15) is 4.79 Å². The molecule has 0 spiro atoms. The van der Waals surface area contributed by atoms with Crippen LogP contribution in [0.15, 0.2) is 35.3 Å². The molecule has 0 fully saturated rings. The van der Waals surface area contributed by atoms with Gasteiger partial charge in [0.2, 0.25) is 0 Å². The largest absolute Gasteiger partial charge is 0.305 e. The van der Waals surface area contributed by atoms with Gasteiger partial charge in [-0.1, -0.05) is 6.07 Å². The Labute approximate surface area is 97.2 Å². The van der Waals surface area contributed by atoms with Gasteiger partial charge in [-0.25, -0.2) is 4.98 Å². The molecule has 2 rings (SSSR count). The number of nitrogens with zero attached hydrogens (tertiary/aromatic N) is 2. The number of pyridine rings is 1. The topological polar surface area (TPSA) is 58.6 Å². The zero-order valence-corrected chi connectivity index (χ0v) is 9.62. The lowest BCUT2D eigenvalue weighted by molar-refractivity contribution is 1.05. The Morgan fingerprint density at radius 2 is 2.31 bits per heavy atom. The summed E-state index contributed by atoms with van der Waals surface area (Å²) in [6.07, 6.45) is 3.65. The van der Waals surface area contributed by atoms with Crippen LogP contribution >= 0.6 is 11.8 Å². The molecule has 2 aromatic heterocycles. The number of H-pyrrole nitrogens is 1. The van der Waals surface area contributed by atoms with E-state index in [1.807, 2.05) is 24.5 Å². The predicted molar refractivity (Wildman–Crippen MR) is 65.3 cm³/mol. The van der Waals surface area contributed by atoms with E-state index < -0.39 is 0 Å². The highest BCUT2D eigenvalue weighted by atomic mass is 32.2. The van der Waals surface area contributed by atoms with E-state index in [1.54, 1.807) is 18.0 Å². The molecule has 0 radical (unpaired) electrons. The van der Waals surface area contributed by atoms with Crippen molar-refractivity contribution in [2.24, 2.45) is 0 Å². The van der Waals surface area contributed by atoms with Gasteiger partial charge in [0.1, 0.15) is 5.69 Å². The van der Waals surface area contributed by atoms with Gasteiger partial charge < -0.3 is 4.98 Å². The molecular formula is C11H11N3OS. The molecule has 16 heavy (non-hydrogen) atoms. The van der Waals surface area contributed by atoms with Crippen LogP contribution in [0.4, 0.5) is 0 Å². The fourth-order valence-corrected chi connectivity index (χ4v) is 1.80. The summed E-state index contributed by atoms with van der Waals surface area (Å²) in [6, 6.07) is 7.03. The summed E-state index contributed by atoms with van der Waals surface area (Å²) in [7, 11) is 0. The number of aromatic nitrogens is 3. The molecule has 0 bridgehead atoms. The Morgan fingerprint density at radius 3 is 3.00 bits per heavy atom. The Balaban J connectivity index is 2.45. The maximum absolute atomic E-state index is 11.4. The maximum Gasteiger partial charge on any atom is 0.251 e. The van der Waals surface area contributed by atoms with Crippen molar-refractivity contribution in [3.8, 4) is 11.5 Å². The summed E-state index contributed by atoms with van der Waals surface area (Å²) in [5.74, 6) is 1.25. The Bertz CT molecular complexity index is 524. The molecule has 0 aliphatic carbocycles. The lowest BCUT2D eigenvalue weighted by atomic mass is 10.3. The molecule has 0 aliphatic rings. The van der Waals surface area contributed by atoms with Gasteiger partial charge in [-0.15, -0.1) is 0 Å². The quantitative estimate of drug-likeness (QED) is 0.876. The Hall–Kier alpha value is -1.62. The molecule has 4 nitrogen and oxygen atoms in total. The third kappa shape index (κ3) is 2.49. The van der Waals surface area contributed by atoms with Gasteiger partial charge in [0.15, 0.2) is 5.82 Å². The van der Waals surface area contributed by atoms with Gasteiger partial charge >= 0.3 is 0 Å². The second-order valence-electron chi connectivity index (χ2n) is 3.23. The smallest absolute Gasteiger partial charge is 0.251 e. The fraction of sp³-hybridized carbons (Fsp3) is 0.182. The van der Waals surface area contributed by atoms with Crippen LogP contribution in [0.3, 0.4) is 0 Å². The summed E-state index contributed by atoms with van der Waals surface area (Å²) in [4.78, 5) is 22.6. The van der Waals surface area contributed by atoms with Crippen molar-refractivity contribution in [3.63, 3.8) is 0 Å². The van der Waals surface area contributed by atoms with Crippen molar-refractivity contribution < 1.29 is 0 Å². The summed E-state index contributed by atoms with van der Waals surface area (Å²) < 4.78 is 0. The molecule has 0 aromatic carbocycles. The molecule has 0 atom stereocenters. The average Bonchev–Trinajstić information content (AvgIpc) is 2.30. The van der Waals surface area contributed by atoms with Crippen molar-refractivity contribution >= 4 is 11.8 Å². The van der Waals surface area contributed by atoms with Gasteiger partial charge in [0.25, 0.3) is 5.56 Å². The number of nitrogens with one attached hydrogen (secondary N) is 1. The van der Waals surface area contributed by atoms with E-state index in [0.29, 0.717) is 11.5 Å². The molecule has 0 saturated carbocycles. The standard InChI is InChI=1S/C11H11N3OS/c1-16-7-8-6-10(15)14-11(13-8)9-4-2-3-5-12-9/h2-6H,7H2,1H3,(H,13,14,15). The van der Waals surface area contributed by atoms with Crippen molar-refractivity contribution in [3.05, 3.63) is 46.5 Å². The van der Waals surface area contributed by atoms with E-state index in [4.69, 9.17) is 0 Å². The van der Waals surface area contributed by atoms with Crippen LogP contribution in [-0.4, -0.2) is 21.2 Å². The van der Waals surface area contributed by atoms with Crippen molar-refractivity contribution in [1.82, 2.24) is 15.0 Å². The van der Waals surface area contributed by atoms with Crippen LogP contribution in [0, 0.1) is 0 Å². The van der Waals surface area contributed by atoms with Crippen LogP contribution in [0.1, 0.15) is 5.69 Å². The first kappa shape index (κ1) is 10.9. The number of hydrogen-bond donors (Lipinski definition) is 1. The Morgan fingerprint density at radius 1 is 1.44 bits per heavy atom. The summed E-state index contributed by atoms with van der Waals surface area (Å²) in [5, 5.41) is 0. The van der Waals surface area contributed by atoms with Crippen LogP contribution in [0.5, 0.6) is 0 Å². The molecule has 0 amide bonds. The Kier molecular flexibility index (Phi) is 3.36. The maximum atomic E-state index is 11.4. The first-order valence-corrected chi connectivity index (χ1v) is 6.19. The van der Waals surface area contributed by atoms with Crippen LogP contribution in [0.2, 0.25) is 0 Å². The second-order valence-corrected chi connectivity index (χ2v) is 4.10. The monoisotopic (exact) mass is 233 g/mol. The van der Waals surface area contributed by atoms with E-state index in [1.165, 1.54) is 6.07 Å². The van der Waals surface area contributed by atoms with E-state index in [-0.39, 0.29) is 5.56 Å². The predicted octanol–water partition coefficient (Wildman–Crippen LogP) is 1.69. The highest BCUT2D eigenvalue weighted by molar-refractivity contribution is 7.97. The van der Waals surface area contributed by atoms with Crippen LogP contribution in [0.25, 0.3) is 11.5 Å². The first-order chi connectivity index (χ1) is 7.79. The second kappa shape index (κ2) is 4.94. The van der Waals surface area contributed by atoms with Crippen LogP contribution < -0.4 is 5.56 Å². The molecule has 0 saturated heterocycles. The number of hydrogen-bond acceptors (Lipinski definition) is 4. The highest BCUT2D eigenvalue weighted by Crippen LogP contribution is 2.11. The minimum Gasteiger partial charge on any atom is -0.305 e. The summed E-state index contributed by atoms with van der Waals surface area (Å²) in [6.45, 7) is 0. The van der Waals surface area contributed by atoms with E-state index in [0.717, 1.165) is 11.4 Å². The van der Waals surface area contributed by atoms with Crippen LogP contribution in [-0.2, 0) is 5.75 Å². The van der Waals surface area contributed by atoms with Gasteiger partial charge in [0.05, 0.1) is 5.69 Å². The molecule has 5 heteroatoms. The number of thioether (sulfide) groups is 1. The first-order valence-electron chi connectivity index (χ1n) is 4.80. The van der Waals surface area contributed by atoms with Crippen molar-refractivity contribution in [2.75, 3.05) is 6.26 Å². The zero-order valence-electron chi connectivity index (χ0n) is 8.80. The lowest BCUT2D eigenvalue weighted by Crippen LogP contribution is -2.10. The van der Waals surface area contributed by atoms with E-state index in [2.05, 4.69) is 15.0 Å². The molecule has 2 heterocycles. The number of rotatable bonds is 3. The molecule has 2 aromatic rings. The molecule has 82 valence electrons. The SMILES string of the molecule is CSCc1cc(=O)[nH]c(-c2ccccn2)n1. The molecule has 1 N–H and O–H groups in total. The highest BCUT2D eigenvalue weighted by Gasteiger charge is 2.03. The minimum absolute atomic E-state index is 0.139. The molecule has 0 aliphatic heterocycles. The fourth-order valence-electron chi connectivity index (χ4n) is 1.35. The number of aromatic amines is 1. The van der Waals surface area contributed by atoms with Crippen molar-refractivity contribution in [2.45, 2.75) is 5.75 Å².